The molecule has 1 aromatic rings. The molecule has 0 radical (unpaired) electrons. The number of aryl methyl sites for hydroxylation is 1. The fourth-order valence-electron chi connectivity index (χ4n) is 3.03. The van der Waals surface area contributed by atoms with Crippen molar-refractivity contribution in [2.45, 2.75) is 38.4 Å². The number of nitrogens with zero attached hydrogens (tertiary/aromatic N) is 1. The Morgan fingerprint density at radius 1 is 1.27 bits per heavy atom. The minimum absolute atomic E-state index is 0.0427. The summed E-state index contributed by atoms with van der Waals surface area (Å²) in [6.45, 7) is 4.96. The number of piperidine rings is 1. The highest BCUT2D eigenvalue weighted by molar-refractivity contribution is 5.89. The van der Waals surface area contributed by atoms with Crippen LogP contribution in [-0.2, 0) is 15.9 Å². The Morgan fingerprint density at radius 3 is 2.68 bits per heavy atom. The Bertz CT molecular complexity index is 516. The first kappa shape index (κ1) is 15.3. The standard InChI is InChI=1S/C17H24N2O3/c1-2-14-5-3-6-15(13-14)18-16(20)19-9-7-17(8-10-19)21-11-4-12-22-17/h3,5-6,13H,2,4,7-12H2,1H3,(H,18,20). The summed E-state index contributed by atoms with van der Waals surface area (Å²) in [7, 11) is 0. The third-order valence-electron chi connectivity index (χ3n) is 4.42. The molecule has 0 bridgehead atoms. The molecule has 120 valence electrons. The van der Waals surface area contributed by atoms with Gasteiger partial charge < -0.3 is 19.7 Å². The summed E-state index contributed by atoms with van der Waals surface area (Å²) >= 11 is 0. The predicted octanol–water partition coefficient (Wildman–Crippen LogP) is 3.01. The first-order valence-corrected chi connectivity index (χ1v) is 8.13. The van der Waals surface area contributed by atoms with Gasteiger partial charge in [0.1, 0.15) is 0 Å². The number of amides is 2. The molecule has 1 aromatic carbocycles. The zero-order chi connectivity index (χ0) is 15.4. The Kier molecular flexibility index (Phi) is 4.64. The maximum absolute atomic E-state index is 12.4. The van der Waals surface area contributed by atoms with Gasteiger partial charge in [-0.1, -0.05) is 19.1 Å². The van der Waals surface area contributed by atoms with Gasteiger partial charge >= 0.3 is 6.03 Å². The number of ether oxygens (including phenoxy) is 2. The van der Waals surface area contributed by atoms with Crippen molar-refractivity contribution >= 4 is 11.7 Å². The van der Waals surface area contributed by atoms with Gasteiger partial charge in [-0.25, -0.2) is 4.79 Å². The van der Waals surface area contributed by atoms with Crippen LogP contribution >= 0.6 is 0 Å². The molecule has 2 fully saturated rings. The summed E-state index contributed by atoms with van der Waals surface area (Å²) in [6.07, 6.45) is 3.41. The average Bonchev–Trinajstić information content (AvgIpc) is 2.56. The third-order valence-corrected chi connectivity index (χ3v) is 4.42. The van der Waals surface area contributed by atoms with Crippen molar-refractivity contribution in [2.75, 3.05) is 31.6 Å². The largest absolute Gasteiger partial charge is 0.350 e. The molecular formula is C17H24N2O3. The maximum atomic E-state index is 12.4. The van der Waals surface area contributed by atoms with E-state index in [0.717, 1.165) is 44.6 Å². The van der Waals surface area contributed by atoms with E-state index in [1.807, 2.05) is 23.1 Å². The van der Waals surface area contributed by atoms with E-state index in [9.17, 15) is 4.79 Å². The lowest BCUT2D eigenvalue weighted by Gasteiger charge is -2.43. The van der Waals surface area contributed by atoms with Crippen molar-refractivity contribution in [2.24, 2.45) is 0 Å². The molecule has 0 saturated carbocycles. The van der Waals surface area contributed by atoms with Crippen molar-refractivity contribution in [3.8, 4) is 0 Å². The summed E-state index contributed by atoms with van der Waals surface area (Å²) < 4.78 is 11.6. The van der Waals surface area contributed by atoms with E-state index in [1.165, 1.54) is 5.56 Å². The highest BCUT2D eigenvalue weighted by atomic mass is 16.7. The number of hydrogen-bond donors (Lipinski definition) is 1. The molecule has 3 rings (SSSR count). The van der Waals surface area contributed by atoms with E-state index in [4.69, 9.17) is 9.47 Å². The first-order valence-electron chi connectivity index (χ1n) is 8.13. The smallest absolute Gasteiger partial charge is 0.321 e. The zero-order valence-electron chi connectivity index (χ0n) is 13.1. The second-order valence-corrected chi connectivity index (χ2v) is 5.93. The van der Waals surface area contributed by atoms with Gasteiger partial charge in [0.2, 0.25) is 0 Å². The molecule has 1 N–H and O–H groups in total. The molecule has 0 atom stereocenters. The normalized spacial score (nSPS) is 20.9. The summed E-state index contributed by atoms with van der Waals surface area (Å²) in [6, 6.07) is 7.95. The van der Waals surface area contributed by atoms with Crippen LogP contribution in [0, 0.1) is 0 Å². The Hall–Kier alpha value is -1.59. The van der Waals surface area contributed by atoms with Gasteiger partial charge in [0.15, 0.2) is 5.79 Å². The van der Waals surface area contributed by atoms with Crippen LogP contribution in [0.25, 0.3) is 0 Å². The number of anilines is 1. The number of likely N-dealkylation sites (tertiary alicyclic amines) is 1. The number of rotatable bonds is 2. The third kappa shape index (κ3) is 3.42. The number of hydrogen-bond acceptors (Lipinski definition) is 3. The maximum Gasteiger partial charge on any atom is 0.321 e. The van der Waals surface area contributed by atoms with Crippen molar-refractivity contribution in [1.29, 1.82) is 0 Å². The molecule has 2 saturated heterocycles. The lowest BCUT2D eigenvalue weighted by Crippen LogP contribution is -2.52. The van der Waals surface area contributed by atoms with E-state index < -0.39 is 5.79 Å². The van der Waals surface area contributed by atoms with Crippen LogP contribution in [0.2, 0.25) is 0 Å². The van der Waals surface area contributed by atoms with Crippen molar-refractivity contribution in [3.63, 3.8) is 0 Å². The predicted molar refractivity (Wildman–Crippen MR) is 84.9 cm³/mol. The van der Waals surface area contributed by atoms with Crippen LogP contribution < -0.4 is 5.32 Å². The lowest BCUT2D eigenvalue weighted by atomic mass is 10.0. The van der Waals surface area contributed by atoms with Gasteiger partial charge in [0, 0.05) is 31.6 Å². The van der Waals surface area contributed by atoms with Crippen LogP contribution in [0.3, 0.4) is 0 Å². The number of urea groups is 1. The Morgan fingerprint density at radius 2 is 2.00 bits per heavy atom. The van der Waals surface area contributed by atoms with Crippen molar-refractivity contribution in [1.82, 2.24) is 4.90 Å². The van der Waals surface area contributed by atoms with E-state index in [1.54, 1.807) is 0 Å². The molecular weight excluding hydrogens is 280 g/mol. The second kappa shape index (κ2) is 6.67. The van der Waals surface area contributed by atoms with Gasteiger partial charge in [-0.15, -0.1) is 0 Å². The number of carbonyl (C=O) groups is 1. The fourth-order valence-corrected chi connectivity index (χ4v) is 3.03. The minimum atomic E-state index is -0.447. The van der Waals surface area contributed by atoms with Gasteiger partial charge in [0.05, 0.1) is 13.2 Å². The topological polar surface area (TPSA) is 50.8 Å². The van der Waals surface area contributed by atoms with Gasteiger partial charge in [0.25, 0.3) is 0 Å². The SMILES string of the molecule is CCc1cccc(NC(=O)N2CCC3(CC2)OCCCO3)c1. The van der Waals surface area contributed by atoms with E-state index in [0.29, 0.717) is 13.1 Å². The van der Waals surface area contributed by atoms with Crippen LogP contribution in [0.1, 0.15) is 31.7 Å². The molecule has 2 aliphatic heterocycles. The highest BCUT2D eigenvalue weighted by Crippen LogP contribution is 2.30. The summed E-state index contributed by atoms with van der Waals surface area (Å²) in [5.41, 5.74) is 2.08. The van der Waals surface area contributed by atoms with Crippen LogP contribution in [0.4, 0.5) is 10.5 Å². The first-order chi connectivity index (χ1) is 10.7. The summed E-state index contributed by atoms with van der Waals surface area (Å²) in [5.74, 6) is -0.447. The molecule has 22 heavy (non-hydrogen) atoms. The van der Waals surface area contributed by atoms with Crippen molar-refractivity contribution < 1.29 is 14.3 Å². The molecule has 2 amide bonds. The van der Waals surface area contributed by atoms with Crippen LogP contribution in [0.15, 0.2) is 24.3 Å². The molecule has 2 aliphatic rings. The number of nitrogens with one attached hydrogen (secondary N) is 1. The molecule has 1 spiro atoms. The summed E-state index contributed by atoms with van der Waals surface area (Å²) in [4.78, 5) is 14.2. The summed E-state index contributed by atoms with van der Waals surface area (Å²) in [5, 5.41) is 2.98. The molecule has 5 nitrogen and oxygen atoms in total. The molecule has 5 heteroatoms. The number of benzene rings is 1. The monoisotopic (exact) mass is 304 g/mol. The average molecular weight is 304 g/mol. The van der Waals surface area contributed by atoms with E-state index >= 15 is 0 Å². The van der Waals surface area contributed by atoms with E-state index in [-0.39, 0.29) is 6.03 Å². The highest BCUT2D eigenvalue weighted by Gasteiger charge is 2.39. The zero-order valence-corrected chi connectivity index (χ0v) is 13.1. The van der Waals surface area contributed by atoms with Crippen LogP contribution in [0.5, 0.6) is 0 Å². The van der Waals surface area contributed by atoms with E-state index in [2.05, 4.69) is 18.3 Å². The van der Waals surface area contributed by atoms with Crippen LogP contribution in [-0.4, -0.2) is 43.0 Å². The second-order valence-electron chi connectivity index (χ2n) is 5.93. The molecule has 0 unspecified atom stereocenters. The van der Waals surface area contributed by atoms with Gasteiger partial charge in [-0.3, -0.25) is 0 Å². The molecule has 0 aromatic heterocycles. The Balaban J connectivity index is 1.55. The quantitative estimate of drug-likeness (QED) is 0.914. The number of carbonyl (C=O) groups excluding carboxylic acids is 1. The van der Waals surface area contributed by atoms with Crippen molar-refractivity contribution in [3.05, 3.63) is 29.8 Å². The minimum Gasteiger partial charge on any atom is -0.350 e. The Labute approximate surface area is 131 Å². The van der Waals surface area contributed by atoms with Gasteiger partial charge in [-0.05, 0) is 30.5 Å². The fraction of sp³-hybridized carbons (Fsp3) is 0.588. The molecule has 0 aliphatic carbocycles. The lowest BCUT2D eigenvalue weighted by molar-refractivity contribution is -0.281. The molecule has 2 heterocycles. The van der Waals surface area contributed by atoms with Gasteiger partial charge in [-0.2, -0.15) is 0 Å².